The van der Waals surface area contributed by atoms with E-state index in [9.17, 15) is 10.1 Å². The van der Waals surface area contributed by atoms with E-state index in [1.807, 2.05) is 38.4 Å². The number of thiocarbonyl (C=S) groups is 1. The number of nitro groups is 1. The highest BCUT2D eigenvalue weighted by Crippen LogP contribution is 2.41. The minimum Gasteiger partial charge on any atom is -0.459 e. The number of benzene rings is 1. The molecule has 3 aromatic rings. The first-order chi connectivity index (χ1) is 15.5. The minimum atomic E-state index is -0.395. The molecule has 2 unspecified atom stereocenters. The standard InChI is InChI=1S/C23H25N5O3S/c1-26(2)14-7-15-27-22(21(25-23(27)32)17-9-5-6-13-24-17)20-12-11-19(31-20)16-8-3-4-10-18(16)28(29)30/h3-6,8-13,21-22H,7,14-15H2,1-2H3,(H,25,32). The lowest BCUT2D eigenvalue weighted by Gasteiger charge is -2.26. The molecule has 8 nitrogen and oxygen atoms in total. The van der Waals surface area contributed by atoms with E-state index in [-0.39, 0.29) is 17.8 Å². The molecule has 1 fully saturated rings. The van der Waals surface area contributed by atoms with Crippen molar-refractivity contribution in [3.8, 4) is 11.3 Å². The summed E-state index contributed by atoms with van der Waals surface area (Å²) in [5.41, 5.74) is 1.32. The van der Waals surface area contributed by atoms with Crippen LogP contribution in [0.15, 0.2) is 65.2 Å². The fraction of sp³-hybridized carbons (Fsp3) is 0.304. The van der Waals surface area contributed by atoms with E-state index in [0.29, 0.717) is 22.2 Å². The minimum absolute atomic E-state index is 0.0117. The summed E-state index contributed by atoms with van der Waals surface area (Å²) in [5, 5.41) is 15.5. The van der Waals surface area contributed by atoms with E-state index >= 15 is 0 Å². The molecule has 1 saturated heterocycles. The van der Waals surface area contributed by atoms with Crippen LogP contribution in [0.2, 0.25) is 0 Å². The Kier molecular flexibility index (Phi) is 6.48. The largest absolute Gasteiger partial charge is 0.459 e. The van der Waals surface area contributed by atoms with Crippen molar-refractivity contribution < 1.29 is 9.34 Å². The lowest BCUT2D eigenvalue weighted by atomic mass is 10.0. The second-order valence-electron chi connectivity index (χ2n) is 7.95. The van der Waals surface area contributed by atoms with Crippen molar-refractivity contribution in [2.75, 3.05) is 27.2 Å². The number of nitro benzene ring substituents is 1. The zero-order chi connectivity index (χ0) is 22.7. The van der Waals surface area contributed by atoms with Gasteiger partial charge in [-0.3, -0.25) is 15.1 Å². The smallest absolute Gasteiger partial charge is 0.280 e. The topological polar surface area (TPSA) is 87.7 Å². The van der Waals surface area contributed by atoms with E-state index in [4.69, 9.17) is 16.6 Å². The van der Waals surface area contributed by atoms with Crippen LogP contribution in [0.3, 0.4) is 0 Å². The van der Waals surface area contributed by atoms with Crippen molar-refractivity contribution in [1.29, 1.82) is 0 Å². The van der Waals surface area contributed by atoms with Crippen LogP contribution in [-0.4, -0.2) is 52.0 Å². The summed E-state index contributed by atoms with van der Waals surface area (Å²) < 4.78 is 6.22. The summed E-state index contributed by atoms with van der Waals surface area (Å²) in [6.45, 7) is 1.68. The number of hydrogen-bond donors (Lipinski definition) is 1. The van der Waals surface area contributed by atoms with Crippen LogP contribution in [-0.2, 0) is 0 Å². The monoisotopic (exact) mass is 451 g/mol. The summed E-state index contributed by atoms with van der Waals surface area (Å²) in [6.07, 6.45) is 2.69. The Morgan fingerprint density at radius 1 is 1.19 bits per heavy atom. The molecule has 4 rings (SSSR count). The zero-order valence-corrected chi connectivity index (χ0v) is 18.8. The first kappa shape index (κ1) is 21.9. The summed E-state index contributed by atoms with van der Waals surface area (Å²) in [7, 11) is 4.08. The van der Waals surface area contributed by atoms with Gasteiger partial charge in [-0.05, 0) is 69.6 Å². The van der Waals surface area contributed by atoms with Crippen LogP contribution in [0.25, 0.3) is 11.3 Å². The van der Waals surface area contributed by atoms with Crippen molar-refractivity contribution in [2.45, 2.75) is 18.5 Å². The van der Waals surface area contributed by atoms with Crippen molar-refractivity contribution in [3.05, 3.63) is 82.4 Å². The van der Waals surface area contributed by atoms with E-state index in [2.05, 4.69) is 20.1 Å². The maximum absolute atomic E-state index is 11.5. The van der Waals surface area contributed by atoms with Crippen LogP contribution in [0.5, 0.6) is 0 Å². The van der Waals surface area contributed by atoms with Crippen molar-refractivity contribution in [3.63, 3.8) is 0 Å². The molecule has 166 valence electrons. The second-order valence-corrected chi connectivity index (χ2v) is 8.34. The molecule has 3 heterocycles. The van der Waals surface area contributed by atoms with Crippen LogP contribution in [0.4, 0.5) is 5.69 Å². The summed E-state index contributed by atoms with van der Waals surface area (Å²) >= 11 is 5.67. The number of nitrogens with one attached hydrogen (secondary N) is 1. The summed E-state index contributed by atoms with van der Waals surface area (Å²) in [6, 6.07) is 15.6. The molecule has 0 spiro atoms. The van der Waals surface area contributed by atoms with Crippen molar-refractivity contribution >= 4 is 23.0 Å². The molecule has 2 atom stereocenters. The van der Waals surface area contributed by atoms with Gasteiger partial charge in [-0.1, -0.05) is 18.2 Å². The van der Waals surface area contributed by atoms with Gasteiger partial charge in [0, 0.05) is 18.8 Å². The molecule has 0 radical (unpaired) electrons. The Morgan fingerprint density at radius 2 is 1.97 bits per heavy atom. The molecule has 9 heteroatoms. The first-order valence-corrected chi connectivity index (χ1v) is 10.8. The third-order valence-electron chi connectivity index (χ3n) is 5.49. The van der Waals surface area contributed by atoms with Gasteiger partial charge in [0.15, 0.2) is 5.11 Å². The molecule has 0 aliphatic carbocycles. The predicted molar refractivity (Wildman–Crippen MR) is 126 cm³/mol. The van der Waals surface area contributed by atoms with Gasteiger partial charge in [-0.25, -0.2) is 0 Å². The lowest BCUT2D eigenvalue weighted by molar-refractivity contribution is -0.384. The average molecular weight is 452 g/mol. The number of hydrogen-bond acceptors (Lipinski definition) is 6. The van der Waals surface area contributed by atoms with Gasteiger partial charge < -0.3 is 19.5 Å². The molecule has 1 aliphatic heterocycles. The number of aromatic nitrogens is 1. The molecular formula is C23H25N5O3S. The van der Waals surface area contributed by atoms with Gasteiger partial charge in [0.2, 0.25) is 0 Å². The highest BCUT2D eigenvalue weighted by atomic mass is 32.1. The molecule has 0 saturated carbocycles. The Morgan fingerprint density at radius 3 is 2.69 bits per heavy atom. The van der Waals surface area contributed by atoms with Crippen LogP contribution < -0.4 is 5.32 Å². The normalized spacial score (nSPS) is 18.2. The van der Waals surface area contributed by atoms with Crippen LogP contribution >= 0.6 is 12.2 Å². The van der Waals surface area contributed by atoms with E-state index in [0.717, 1.165) is 25.2 Å². The van der Waals surface area contributed by atoms with Gasteiger partial charge >= 0.3 is 0 Å². The predicted octanol–water partition coefficient (Wildman–Crippen LogP) is 4.17. The van der Waals surface area contributed by atoms with Crippen molar-refractivity contribution in [1.82, 2.24) is 20.1 Å². The Labute approximate surface area is 192 Å². The third-order valence-corrected chi connectivity index (χ3v) is 5.84. The SMILES string of the molecule is CN(C)CCCN1C(=S)NC(c2ccccn2)C1c1ccc(-c2ccccc2[N+](=O)[O-])o1. The number of nitrogens with zero attached hydrogens (tertiary/aromatic N) is 4. The first-order valence-electron chi connectivity index (χ1n) is 10.4. The van der Waals surface area contributed by atoms with E-state index in [1.165, 1.54) is 6.07 Å². The van der Waals surface area contributed by atoms with E-state index < -0.39 is 4.92 Å². The number of para-hydroxylation sites is 1. The van der Waals surface area contributed by atoms with Crippen molar-refractivity contribution in [2.24, 2.45) is 0 Å². The zero-order valence-electron chi connectivity index (χ0n) is 18.0. The maximum Gasteiger partial charge on any atom is 0.280 e. The fourth-order valence-electron chi connectivity index (χ4n) is 4.01. The summed E-state index contributed by atoms with van der Waals surface area (Å²) in [4.78, 5) is 19.9. The molecule has 2 aromatic heterocycles. The second kappa shape index (κ2) is 9.46. The highest BCUT2D eigenvalue weighted by molar-refractivity contribution is 7.80. The molecule has 0 bridgehead atoms. The van der Waals surface area contributed by atoms with Gasteiger partial charge in [0.25, 0.3) is 5.69 Å². The number of furan rings is 1. The number of pyridine rings is 1. The average Bonchev–Trinajstić information content (AvgIpc) is 3.39. The Bertz CT molecular complexity index is 1100. The summed E-state index contributed by atoms with van der Waals surface area (Å²) in [5.74, 6) is 1.14. The van der Waals surface area contributed by atoms with E-state index in [1.54, 1.807) is 30.5 Å². The van der Waals surface area contributed by atoms with Gasteiger partial charge in [-0.15, -0.1) is 0 Å². The lowest BCUT2D eigenvalue weighted by Crippen LogP contribution is -2.32. The molecule has 32 heavy (non-hydrogen) atoms. The quantitative estimate of drug-likeness (QED) is 0.310. The third kappa shape index (κ3) is 4.49. The molecular weight excluding hydrogens is 426 g/mol. The number of rotatable bonds is 8. The fourth-order valence-corrected chi connectivity index (χ4v) is 4.34. The Hall–Kier alpha value is -3.30. The molecule has 1 aliphatic rings. The Balaban J connectivity index is 1.70. The molecule has 0 amide bonds. The molecule has 1 aromatic carbocycles. The van der Waals surface area contributed by atoms with Crippen LogP contribution in [0.1, 0.15) is 30.0 Å². The van der Waals surface area contributed by atoms with Gasteiger partial charge in [0.05, 0.1) is 22.2 Å². The highest BCUT2D eigenvalue weighted by Gasteiger charge is 2.41. The van der Waals surface area contributed by atoms with Crippen LogP contribution in [0, 0.1) is 10.1 Å². The maximum atomic E-state index is 11.5. The van der Waals surface area contributed by atoms with Gasteiger partial charge in [0.1, 0.15) is 17.6 Å². The molecule has 1 N–H and O–H groups in total. The van der Waals surface area contributed by atoms with Gasteiger partial charge in [-0.2, -0.15) is 0 Å².